The Kier molecular flexibility index (Phi) is 4.41. The summed E-state index contributed by atoms with van der Waals surface area (Å²) in [6, 6.07) is 13.0. The van der Waals surface area contributed by atoms with E-state index in [2.05, 4.69) is 15.9 Å². The third-order valence-corrected chi connectivity index (χ3v) is 4.14. The summed E-state index contributed by atoms with van der Waals surface area (Å²) in [5, 5.41) is 0.745. The molecule has 1 unspecified atom stereocenters. The van der Waals surface area contributed by atoms with Crippen molar-refractivity contribution in [3.63, 3.8) is 0 Å². The first-order chi connectivity index (χ1) is 8.58. The lowest BCUT2D eigenvalue weighted by atomic mass is 10.0. The first-order valence-electron chi connectivity index (χ1n) is 5.71. The Morgan fingerprint density at radius 3 is 2.61 bits per heavy atom. The molecule has 0 aromatic heterocycles. The van der Waals surface area contributed by atoms with Crippen LogP contribution in [-0.4, -0.2) is 0 Å². The van der Waals surface area contributed by atoms with Crippen molar-refractivity contribution < 1.29 is 4.39 Å². The molecule has 1 atom stereocenters. The fourth-order valence-corrected chi connectivity index (χ4v) is 2.63. The third kappa shape index (κ3) is 3.12. The lowest BCUT2D eigenvalue weighted by molar-refractivity contribution is 0.615. The molecule has 0 saturated heterocycles. The minimum Gasteiger partial charge on any atom is -0.207 e. The van der Waals surface area contributed by atoms with Crippen molar-refractivity contribution in [2.24, 2.45) is 0 Å². The average molecular weight is 328 g/mol. The Morgan fingerprint density at radius 1 is 1.22 bits per heavy atom. The van der Waals surface area contributed by atoms with E-state index in [-0.39, 0.29) is 10.6 Å². The Bertz CT molecular complexity index is 554. The van der Waals surface area contributed by atoms with E-state index in [0.29, 0.717) is 5.56 Å². The van der Waals surface area contributed by atoms with Crippen LogP contribution in [0.5, 0.6) is 0 Å². The molecule has 0 amide bonds. The van der Waals surface area contributed by atoms with Gasteiger partial charge in [0.25, 0.3) is 0 Å². The van der Waals surface area contributed by atoms with Crippen LogP contribution in [0, 0.1) is 12.7 Å². The van der Waals surface area contributed by atoms with E-state index in [1.54, 1.807) is 19.1 Å². The van der Waals surface area contributed by atoms with Gasteiger partial charge in [0.15, 0.2) is 0 Å². The van der Waals surface area contributed by atoms with Crippen molar-refractivity contribution in [3.8, 4) is 0 Å². The lowest BCUT2D eigenvalue weighted by Gasteiger charge is -2.12. The predicted octanol–water partition coefficient (Wildman–Crippen LogP) is 5.47. The summed E-state index contributed by atoms with van der Waals surface area (Å²) < 4.78 is 13.5. The summed E-state index contributed by atoms with van der Waals surface area (Å²) in [5.41, 5.74) is 2.65. The maximum atomic E-state index is 13.5. The molecule has 94 valence electrons. The van der Waals surface area contributed by atoms with Gasteiger partial charge in [-0.25, -0.2) is 4.39 Å². The van der Waals surface area contributed by atoms with Crippen LogP contribution in [0.25, 0.3) is 0 Å². The fraction of sp³-hybridized carbons (Fsp3) is 0.200. The maximum absolute atomic E-state index is 13.5. The summed E-state index contributed by atoms with van der Waals surface area (Å²) in [6.45, 7) is 1.76. The monoisotopic (exact) mass is 326 g/mol. The second-order valence-electron chi connectivity index (χ2n) is 4.27. The van der Waals surface area contributed by atoms with Gasteiger partial charge in [-0.1, -0.05) is 57.9 Å². The van der Waals surface area contributed by atoms with Crippen LogP contribution in [0.15, 0.2) is 42.5 Å². The molecule has 2 rings (SSSR count). The summed E-state index contributed by atoms with van der Waals surface area (Å²) in [6.07, 6.45) is 0.738. The third-order valence-electron chi connectivity index (χ3n) is 2.91. The van der Waals surface area contributed by atoms with Crippen LogP contribution < -0.4 is 0 Å². The first kappa shape index (κ1) is 13.6. The molecule has 0 aliphatic rings. The molecule has 0 aliphatic heterocycles. The molecular formula is C15H13BrClF. The summed E-state index contributed by atoms with van der Waals surface area (Å²) in [4.78, 5) is 0.0625. The molecule has 0 heterocycles. The second kappa shape index (κ2) is 5.85. The van der Waals surface area contributed by atoms with E-state index in [1.165, 1.54) is 0 Å². The number of aryl methyl sites for hydroxylation is 1. The van der Waals surface area contributed by atoms with Crippen LogP contribution in [0.2, 0.25) is 5.02 Å². The average Bonchev–Trinajstić information content (AvgIpc) is 2.35. The molecule has 0 fully saturated rings. The quantitative estimate of drug-likeness (QED) is 0.656. The minimum absolute atomic E-state index is 0.0625. The second-order valence-corrected chi connectivity index (χ2v) is 5.78. The summed E-state index contributed by atoms with van der Waals surface area (Å²) in [7, 11) is 0. The van der Waals surface area contributed by atoms with E-state index in [9.17, 15) is 4.39 Å². The van der Waals surface area contributed by atoms with Crippen LogP contribution in [-0.2, 0) is 6.42 Å². The van der Waals surface area contributed by atoms with Gasteiger partial charge in [0.2, 0.25) is 0 Å². The van der Waals surface area contributed by atoms with E-state index in [0.717, 1.165) is 22.6 Å². The highest BCUT2D eigenvalue weighted by atomic mass is 79.9. The first-order valence-corrected chi connectivity index (χ1v) is 7.01. The van der Waals surface area contributed by atoms with Crippen molar-refractivity contribution in [2.45, 2.75) is 18.2 Å². The highest BCUT2D eigenvalue weighted by Gasteiger charge is 2.12. The molecule has 2 aromatic rings. The molecule has 0 bridgehead atoms. The number of halogens is 3. The van der Waals surface area contributed by atoms with E-state index < -0.39 is 0 Å². The molecule has 18 heavy (non-hydrogen) atoms. The van der Waals surface area contributed by atoms with E-state index in [4.69, 9.17) is 11.6 Å². The molecule has 0 saturated carbocycles. The van der Waals surface area contributed by atoms with Gasteiger partial charge in [0.1, 0.15) is 5.82 Å². The topological polar surface area (TPSA) is 0 Å². The number of benzene rings is 2. The number of alkyl halides is 1. The molecule has 0 nitrogen and oxygen atoms in total. The van der Waals surface area contributed by atoms with Crippen molar-refractivity contribution in [1.29, 1.82) is 0 Å². The van der Waals surface area contributed by atoms with Crippen LogP contribution in [0.1, 0.15) is 21.5 Å². The van der Waals surface area contributed by atoms with Crippen molar-refractivity contribution in [1.82, 2.24) is 0 Å². The zero-order valence-electron chi connectivity index (χ0n) is 9.96. The predicted molar refractivity (Wildman–Crippen MR) is 78.0 cm³/mol. The van der Waals surface area contributed by atoms with Crippen molar-refractivity contribution >= 4 is 27.5 Å². The van der Waals surface area contributed by atoms with Crippen molar-refractivity contribution in [3.05, 3.63) is 70.0 Å². The Balaban J connectivity index is 2.19. The molecule has 0 aliphatic carbocycles. The lowest BCUT2D eigenvalue weighted by Crippen LogP contribution is -1.97. The number of hydrogen-bond acceptors (Lipinski definition) is 0. The van der Waals surface area contributed by atoms with Gasteiger partial charge in [-0.3, -0.25) is 0 Å². The number of hydrogen-bond donors (Lipinski definition) is 0. The van der Waals surface area contributed by atoms with Gasteiger partial charge in [-0.05, 0) is 42.2 Å². The van der Waals surface area contributed by atoms with Crippen LogP contribution in [0.4, 0.5) is 4.39 Å². The minimum atomic E-state index is -0.170. The van der Waals surface area contributed by atoms with E-state index >= 15 is 0 Å². The standard InChI is InChI=1S/C15H13BrClF/c1-10-6-7-11(9-15(10)18)13(16)8-12-4-2-3-5-14(12)17/h2-7,9,13H,8H2,1H3. The summed E-state index contributed by atoms with van der Waals surface area (Å²) in [5.74, 6) is -0.170. The molecule has 3 heteroatoms. The highest BCUT2D eigenvalue weighted by molar-refractivity contribution is 9.09. The smallest absolute Gasteiger partial charge is 0.126 e. The van der Waals surface area contributed by atoms with Crippen molar-refractivity contribution in [2.75, 3.05) is 0 Å². The Labute approximate surface area is 120 Å². The molecule has 0 radical (unpaired) electrons. The van der Waals surface area contributed by atoms with Gasteiger partial charge < -0.3 is 0 Å². The van der Waals surface area contributed by atoms with Gasteiger partial charge >= 0.3 is 0 Å². The van der Waals surface area contributed by atoms with Crippen LogP contribution >= 0.6 is 27.5 Å². The Morgan fingerprint density at radius 2 is 1.94 bits per heavy atom. The van der Waals surface area contributed by atoms with Gasteiger partial charge in [-0.2, -0.15) is 0 Å². The van der Waals surface area contributed by atoms with E-state index in [1.807, 2.05) is 30.3 Å². The van der Waals surface area contributed by atoms with Gasteiger partial charge in [0.05, 0.1) is 0 Å². The molecular weight excluding hydrogens is 315 g/mol. The summed E-state index contributed by atoms with van der Waals surface area (Å²) >= 11 is 9.71. The normalized spacial score (nSPS) is 12.4. The zero-order valence-corrected chi connectivity index (χ0v) is 12.3. The van der Waals surface area contributed by atoms with Gasteiger partial charge in [0, 0.05) is 9.85 Å². The fourth-order valence-electron chi connectivity index (χ4n) is 1.78. The highest BCUT2D eigenvalue weighted by Crippen LogP contribution is 2.30. The molecule has 2 aromatic carbocycles. The molecule has 0 spiro atoms. The maximum Gasteiger partial charge on any atom is 0.126 e. The van der Waals surface area contributed by atoms with Crippen LogP contribution in [0.3, 0.4) is 0 Å². The largest absolute Gasteiger partial charge is 0.207 e. The zero-order chi connectivity index (χ0) is 13.1. The Hall–Kier alpha value is -0.860. The SMILES string of the molecule is Cc1ccc(C(Br)Cc2ccccc2Cl)cc1F. The number of rotatable bonds is 3. The van der Waals surface area contributed by atoms with Gasteiger partial charge in [-0.15, -0.1) is 0 Å². The molecule has 0 N–H and O–H groups in total.